The highest BCUT2D eigenvalue weighted by Gasteiger charge is 2.41. The van der Waals surface area contributed by atoms with Crippen LogP contribution in [0.4, 0.5) is 0 Å². The number of hydrogen-bond acceptors (Lipinski definition) is 5. The molecule has 1 aliphatic heterocycles. The van der Waals surface area contributed by atoms with E-state index in [0.717, 1.165) is 37.5 Å². The Morgan fingerprint density at radius 1 is 1.17 bits per heavy atom. The lowest BCUT2D eigenvalue weighted by atomic mass is 9.88. The third-order valence-electron chi connectivity index (χ3n) is 5.77. The van der Waals surface area contributed by atoms with Crippen molar-refractivity contribution in [2.45, 2.75) is 50.6 Å². The molecular weight excluding hydrogens is 390 g/mol. The molecule has 0 spiro atoms. The molecule has 2 N–H and O–H groups in total. The molecular formula is C20H27N5O3S. The lowest BCUT2D eigenvalue weighted by molar-refractivity contribution is -0.137. The van der Waals surface area contributed by atoms with Crippen LogP contribution < -0.4 is 4.72 Å². The topological polar surface area (TPSA) is 108 Å². The Balaban J connectivity index is 1.59. The molecule has 29 heavy (non-hydrogen) atoms. The Morgan fingerprint density at radius 2 is 1.90 bits per heavy atom. The fourth-order valence-electron chi connectivity index (χ4n) is 4.45. The first-order valence-electron chi connectivity index (χ1n) is 10.2. The second-order valence-electron chi connectivity index (χ2n) is 8.07. The summed E-state index contributed by atoms with van der Waals surface area (Å²) in [5.41, 5.74) is 0.893. The van der Waals surface area contributed by atoms with Crippen molar-refractivity contribution in [3.8, 4) is 11.4 Å². The van der Waals surface area contributed by atoms with Crippen molar-refractivity contribution in [1.82, 2.24) is 24.8 Å². The first kappa shape index (κ1) is 20.0. The standard InChI is InChI=1S/C20H27N5O3S/c1-29(27,28)24-16-12-17(25(13-16)20(26)15-10-6-3-7-11-15)19-21-18(22-23-19)14-8-4-2-5-9-14/h2,4-5,8-9,15-17,24H,3,6-7,10-13H2,1H3,(H,21,22,23)/t16-,17-/m0/s1. The number of H-pyrrole nitrogens is 1. The van der Waals surface area contributed by atoms with Gasteiger partial charge in [0.2, 0.25) is 15.9 Å². The van der Waals surface area contributed by atoms with Gasteiger partial charge in [-0.1, -0.05) is 49.6 Å². The molecule has 2 fully saturated rings. The molecule has 0 unspecified atom stereocenters. The lowest BCUT2D eigenvalue weighted by Gasteiger charge is -2.29. The maximum Gasteiger partial charge on any atom is 0.226 e. The fraction of sp³-hybridized carbons (Fsp3) is 0.550. The van der Waals surface area contributed by atoms with Crippen molar-refractivity contribution in [3.05, 3.63) is 36.2 Å². The van der Waals surface area contributed by atoms with Crippen LogP contribution in [0.1, 0.15) is 50.4 Å². The lowest BCUT2D eigenvalue weighted by Crippen LogP contribution is -2.40. The molecule has 0 radical (unpaired) electrons. The van der Waals surface area contributed by atoms with Crippen LogP contribution in [0, 0.1) is 5.92 Å². The number of nitrogens with zero attached hydrogens (tertiary/aromatic N) is 3. The minimum atomic E-state index is -3.36. The maximum absolute atomic E-state index is 13.3. The van der Waals surface area contributed by atoms with Gasteiger partial charge in [0, 0.05) is 24.1 Å². The van der Waals surface area contributed by atoms with Crippen molar-refractivity contribution in [2.24, 2.45) is 5.92 Å². The first-order valence-corrected chi connectivity index (χ1v) is 12.1. The molecule has 1 saturated carbocycles. The normalized spacial score (nSPS) is 23.4. The zero-order chi connectivity index (χ0) is 20.4. The minimum absolute atomic E-state index is 0.0137. The van der Waals surface area contributed by atoms with Gasteiger partial charge < -0.3 is 4.90 Å². The summed E-state index contributed by atoms with van der Waals surface area (Å²) in [7, 11) is -3.36. The molecule has 4 rings (SSSR count). The van der Waals surface area contributed by atoms with E-state index in [1.165, 1.54) is 6.42 Å². The third kappa shape index (κ3) is 4.67. The SMILES string of the molecule is CS(=O)(=O)N[C@H]1C[C@@H](c2nc(-c3ccccc3)n[nH]2)N(C(=O)C2CCCCC2)C1. The highest BCUT2D eigenvalue weighted by atomic mass is 32.2. The van der Waals surface area contributed by atoms with E-state index in [0.29, 0.717) is 24.6 Å². The molecule has 2 aromatic rings. The van der Waals surface area contributed by atoms with Gasteiger partial charge in [-0.05, 0) is 19.3 Å². The van der Waals surface area contributed by atoms with Crippen LogP contribution in [0.2, 0.25) is 0 Å². The average molecular weight is 418 g/mol. The van der Waals surface area contributed by atoms with Gasteiger partial charge in [0.25, 0.3) is 0 Å². The van der Waals surface area contributed by atoms with Gasteiger partial charge in [-0.25, -0.2) is 18.1 Å². The summed E-state index contributed by atoms with van der Waals surface area (Å²) in [6.45, 7) is 0.356. The van der Waals surface area contributed by atoms with Crippen LogP contribution >= 0.6 is 0 Å². The van der Waals surface area contributed by atoms with Gasteiger partial charge in [-0.2, -0.15) is 5.10 Å². The number of carbonyl (C=O) groups is 1. The van der Waals surface area contributed by atoms with Crippen LogP contribution in [-0.2, 0) is 14.8 Å². The van der Waals surface area contributed by atoms with Gasteiger partial charge in [0.1, 0.15) is 5.82 Å². The van der Waals surface area contributed by atoms with Crippen molar-refractivity contribution < 1.29 is 13.2 Å². The summed E-state index contributed by atoms with van der Waals surface area (Å²) in [5.74, 6) is 1.29. The van der Waals surface area contributed by atoms with Gasteiger partial charge in [-0.15, -0.1) is 0 Å². The Labute approximate surface area is 171 Å². The molecule has 1 aromatic heterocycles. The molecule has 2 atom stereocenters. The quantitative estimate of drug-likeness (QED) is 0.776. The number of nitrogens with one attached hydrogen (secondary N) is 2. The van der Waals surface area contributed by atoms with E-state index in [1.54, 1.807) is 4.90 Å². The van der Waals surface area contributed by atoms with E-state index in [4.69, 9.17) is 0 Å². The number of rotatable bonds is 5. The monoisotopic (exact) mass is 417 g/mol. The molecule has 1 aliphatic carbocycles. The number of sulfonamides is 1. The zero-order valence-electron chi connectivity index (χ0n) is 16.5. The Kier molecular flexibility index (Phi) is 5.69. The molecule has 2 heterocycles. The Morgan fingerprint density at radius 3 is 2.59 bits per heavy atom. The first-order chi connectivity index (χ1) is 13.9. The largest absolute Gasteiger partial charge is 0.331 e. The maximum atomic E-state index is 13.3. The average Bonchev–Trinajstić information content (AvgIpc) is 3.35. The summed E-state index contributed by atoms with van der Waals surface area (Å²) in [6.07, 6.45) is 6.75. The zero-order valence-corrected chi connectivity index (χ0v) is 17.4. The number of aromatic nitrogens is 3. The van der Waals surface area contributed by atoms with E-state index >= 15 is 0 Å². The van der Waals surface area contributed by atoms with E-state index in [1.807, 2.05) is 30.3 Å². The number of aromatic amines is 1. The van der Waals surface area contributed by atoms with Crippen LogP contribution in [0.5, 0.6) is 0 Å². The number of hydrogen-bond donors (Lipinski definition) is 2. The summed E-state index contributed by atoms with van der Waals surface area (Å²) >= 11 is 0. The molecule has 1 saturated heterocycles. The van der Waals surface area contributed by atoms with Crippen molar-refractivity contribution in [2.75, 3.05) is 12.8 Å². The summed E-state index contributed by atoms with van der Waals surface area (Å²) < 4.78 is 26.2. The predicted molar refractivity (Wildman–Crippen MR) is 109 cm³/mol. The summed E-state index contributed by atoms with van der Waals surface area (Å²) in [5, 5.41) is 7.31. The van der Waals surface area contributed by atoms with Gasteiger partial charge in [-0.3, -0.25) is 9.89 Å². The van der Waals surface area contributed by atoms with Gasteiger partial charge in [0.15, 0.2) is 5.82 Å². The Bertz CT molecular complexity index is 954. The molecule has 0 bridgehead atoms. The fourth-order valence-corrected chi connectivity index (χ4v) is 5.23. The molecule has 1 aromatic carbocycles. The molecule has 2 aliphatic rings. The van der Waals surface area contributed by atoms with Gasteiger partial charge >= 0.3 is 0 Å². The highest BCUT2D eigenvalue weighted by Crippen LogP contribution is 2.35. The second kappa shape index (κ2) is 8.23. The second-order valence-corrected chi connectivity index (χ2v) is 9.85. The number of likely N-dealkylation sites (tertiary alicyclic amines) is 1. The van der Waals surface area contributed by atoms with Crippen LogP contribution in [-0.4, -0.2) is 53.2 Å². The van der Waals surface area contributed by atoms with Crippen LogP contribution in [0.15, 0.2) is 30.3 Å². The van der Waals surface area contributed by atoms with Crippen LogP contribution in [0.3, 0.4) is 0 Å². The highest BCUT2D eigenvalue weighted by molar-refractivity contribution is 7.88. The van der Waals surface area contributed by atoms with Crippen molar-refractivity contribution >= 4 is 15.9 Å². The van der Waals surface area contributed by atoms with E-state index < -0.39 is 10.0 Å². The molecule has 9 heteroatoms. The summed E-state index contributed by atoms with van der Waals surface area (Å²) in [6, 6.07) is 9.00. The number of amides is 1. The third-order valence-corrected chi connectivity index (χ3v) is 6.53. The van der Waals surface area contributed by atoms with Crippen LogP contribution in [0.25, 0.3) is 11.4 Å². The van der Waals surface area contributed by atoms with Gasteiger partial charge in [0.05, 0.1) is 12.3 Å². The smallest absolute Gasteiger partial charge is 0.226 e. The van der Waals surface area contributed by atoms with E-state index in [2.05, 4.69) is 19.9 Å². The summed E-state index contributed by atoms with van der Waals surface area (Å²) in [4.78, 5) is 19.7. The Hall–Kier alpha value is -2.26. The number of carbonyl (C=O) groups excluding carboxylic acids is 1. The van der Waals surface area contributed by atoms with Crippen molar-refractivity contribution in [1.29, 1.82) is 0 Å². The van der Waals surface area contributed by atoms with Crippen molar-refractivity contribution in [3.63, 3.8) is 0 Å². The molecule has 156 valence electrons. The number of benzene rings is 1. The molecule has 1 amide bonds. The van der Waals surface area contributed by atoms with E-state index in [9.17, 15) is 13.2 Å². The predicted octanol–water partition coefficient (Wildman–Crippen LogP) is 2.24. The molecule has 8 nitrogen and oxygen atoms in total. The van der Waals surface area contributed by atoms with E-state index in [-0.39, 0.29) is 23.9 Å². The minimum Gasteiger partial charge on any atom is -0.331 e.